The lowest BCUT2D eigenvalue weighted by atomic mass is 10.1. The van der Waals surface area contributed by atoms with Crippen LogP contribution in [0.1, 0.15) is 130 Å². The van der Waals surface area contributed by atoms with E-state index >= 15 is 0 Å². The minimum Gasteiger partial charge on any atom is -0.155 e. The molecular weight excluding hydrogens is 296 g/mol. The Kier molecular flexibility index (Phi) is 19.0. The molecule has 0 spiro atoms. The molecular formula is C22H46S. The van der Waals surface area contributed by atoms with Gasteiger partial charge in [-0.05, 0) is 25.7 Å². The second kappa shape index (κ2) is 18.7. The normalized spacial score (nSPS) is 14.1. The lowest BCUT2D eigenvalue weighted by molar-refractivity contribution is 0.565. The van der Waals surface area contributed by atoms with Gasteiger partial charge in [0.05, 0.1) is 0 Å². The molecule has 2 unspecified atom stereocenters. The zero-order valence-electron chi connectivity index (χ0n) is 16.9. The van der Waals surface area contributed by atoms with E-state index in [1.165, 1.54) is 103 Å². The Hall–Kier alpha value is 0.350. The van der Waals surface area contributed by atoms with Gasteiger partial charge >= 0.3 is 0 Å². The van der Waals surface area contributed by atoms with E-state index in [0.29, 0.717) is 0 Å². The van der Waals surface area contributed by atoms with Gasteiger partial charge in [-0.2, -0.15) is 11.8 Å². The largest absolute Gasteiger partial charge is 0.155 e. The van der Waals surface area contributed by atoms with Crippen LogP contribution in [0.3, 0.4) is 0 Å². The zero-order valence-corrected chi connectivity index (χ0v) is 17.7. The van der Waals surface area contributed by atoms with Gasteiger partial charge in [0.15, 0.2) is 0 Å². The molecule has 1 heteroatoms. The zero-order chi connectivity index (χ0) is 17.2. The van der Waals surface area contributed by atoms with Crippen molar-refractivity contribution in [2.75, 3.05) is 0 Å². The van der Waals surface area contributed by atoms with Crippen molar-refractivity contribution in [1.29, 1.82) is 0 Å². The van der Waals surface area contributed by atoms with Crippen LogP contribution < -0.4 is 0 Å². The van der Waals surface area contributed by atoms with Crippen LogP contribution in [0.2, 0.25) is 0 Å². The fourth-order valence-electron chi connectivity index (χ4n) is 3.43. The Morgan fingerprint density at radius 2 is 0.826 bits per heavy atom. The molecule has 23 heavy (non-hydrogen) atoms. The summed E-state index contributed by atoms with van der Waals surface area (Å²) >= 11 is 2.37. The predicted octanol–water partition coefficient (Wildman–Crippen LogP) is 8.78. The fourth-order valence-corrected chi connectivity index (χ4v) is 5.32. The van der Waals surface area contributed by atoms with Crippen molar-refractivity contribution in [2.24, 2.45) is 0 Å². The lowest BCUT2D eigenvalue weighted by Crippen LogP contribution is -2.12. The SMILES string of the molecule is CCCCCCCC(CCC)SC(CCC)CCCCCCC. The number of thioether (sulfide) groups is 1. The third-order valence-corrected chi connectivity index (χ3v) is 6.58. The molecule has 0 saturated heterocycles. The quantitative estimate of drug-likeness (QED) is 0.224. The molecule has 2 atom stereocenters. The first-order valence-corrected chi connectivity index (χ1v) is 11.9. The molecule has 0 amide bonds. The van der Waals surface area contributed by atoms with Crippen molar-refractivity contribution < 1.29 is 0 Å². The van der Waals surface area contributed by atoms with Gasteiger partial charge in [-0.25, -0.2) is 0 Å². The van der Waals surface area contributed by atoms with Crippen molar-refractivity contribution in [3.63, 3.8) is 0 Å². The van der Waals surface area contributed by atoms with Crippen LogP contribution in [-0.4, -0.2) is 10.5 Å². The van der Waals surface area contributed by atoms with Gasteiger partial charge in [0.2, 0.25) is 0 Å². The molecule has 0 fully saturated rings. The minimum absolute atomic E-state index is 0.939. The molecule has 0 aliphatic carbocycles. The monoisotopic (exact) mass is 342 g/mol. The number of hydrogen-bond acceptors (Lipinski definition) is 1. The van der Waals surface area contributed by atoms with Crippen molar-refractivity contribution in [1.82, 2.24) is 0 Å². The van der Waals surface area contributed by atoms with Gasteiger partial charge in [0, 0.05) is 10.5 Å². The molecule has 0 N–H and O–H groups in total. The highest BCUT2D eigenvalue weighted by molar-refractivity contribution is 8.00. The maximum atomic E-state index is 2.37. The first kappa shape index (κ1) is 23.4. The smallest absolute Gasteiger partial charge is 0.00497 e. The Bertz CT molecular complexity index is 192. The Morgan fingerprint density at radius 1 is 0.435 bits per heavy atom. The summed E-state index contributed by atoms with van der Waals surface area (Å²) in [5.41, 5.74) is 0. The Balaban J connectivity index is 4.02. The summed E-state index contributed by atoms with van der Waals surface area (Å²) in [6, 6.07) is 0. The van der Waals surface area contributed by atoms with Crippen molar-refractivity contribution in [2.45, 2.75) is 141 Å². The van der Waals surface area contributed by atoms with E-state index in [-0.39, 0.29) is 0 Å². The van der Waals surface area contributed by atoms with E-state index in [1.54, 1.807) is 0 Å². The van der Waals surface area contributed by atoms with Crippen molar-refractivity contribution in [3.05, 3.63) is 0 Å². The number of rotatable bonds is 18. The molecule has 0 aromatic rings. The predicted molar refractivity (Wildman–Crippen MR) is 112 cm³/mol. The Morgan fingerprint density at radius 3 is 1.17 bits per heavy atom. The average molecular weight is 343 g/mol. The summed E-state index contributed by atoms with van der Waals surface area (Å²) in [7, 11) is 0. The van der Waals surface area contributed by atoms with E-state index < -0.39 is 0 Å². The van der Waals surface area contributed by atoms with Gasteiger partial charge in [0.1, 0.15) is 0 Å². The summed E-state index contributed by atoms with van der Waals surface area (Å²) in [6.07, 6.45) is 22.9. The third kappa shape index (κ3) is 15.6. The average Bonchev–Trinajstić information content (AvgIpc) is 2.54. The molecule has 0 bridgehead atoms. The fraction of sp³-hybridized carbons (Fsp3) is 1.00. The van der Waals surface area contributed by atoms with E-state index in [2.05, 4.69) is 39.5 Å². The Labute approximate surface area is 153 Å². The summed E-state index contributed by atoms with van der Waals surface area (Å²) in [6.45, 7) is 9.35. The van der Waals surface area contributed by atoms with Crippen LogP contribution in [0.15, 0.2) is 0 Å². The molecule has 0 aromatic heterocycles. The van der Waals surface area contributed by atoms with E-state index in [1.807, 2.05) is 0 Å². The molecule has 0 radical (unpaired) electrons. The number of hydrogen-bond donors (Lipinski definition) is 0. The van der Waals surface area contributed by atoms with Crippen molar-refractivity contribution >= 4 is 11.8 Å². The summed E-state index contributed by atoms with van der Waals surface area (Å²) < 4.78 is 0. The van der Waals surface area contributed by atoms with E-state index in [4.69, 9.17) is 0 Å². The molecule has 0 rings (SSSR count). The van der Waals surface area contributed by atoms with Crippen LogP contribution in [0.5, 0.6) is 0 Å². The van der Waals surface area contributed by atoms with Crippen LogP contribution in [0.25, 0.3) is 0 Å². The maximum absolute atomic E-state index is 2.37. The second-order valence-electron chi connectivity index (χ2n) is 7.36. The highest BCUT2D eigenvalue weighted by Gasteiger charge is 2.15. The summed E-state index contributed by atoms with van der Waals surface area (Å²) in [5.74, 6) is 0. The summed E-state index contributed by atoms with van der Waals surface area (Å²) in [4.78, 5) is 0. The highest BCUT2D eigenvalue weighted by Crippen LogP contribution is 2.32. The van der Waals surface area contributed by atoms with Gasteiger partial charge in [0.25, 0.3) is 0 Å². The molecule has 0 aliphatic heterocycles. The minimum atomic E-state index is 0.939. The van der Waals surface area contributed by atoms with Crippen LogP contribution >= 0.6 is 11.8 Å². The van der Waals surface area contributed by atoms with Crippen molar-refractivity contribution in [3.8, 4) is 0 Å². The van der Waals surface area contributed by atoms with E-state index in [9.17, 15) is 0 Å². The number of unbranched alkanes of at least 4 members (excludes halogenated alkanes) is 8. The van der Waals surface area contributed by atoms with E-state index in [0.717, 1.165) is 10.5 Å². The highest BCUT2D eigenvalue weighted by atomic mass is 32.2. The maximum Gasteiger partial charge on any atom is 0.00497 e. The van der Waals surface area contributed by atoms with Crippen LogP contribution in [-0.2, 0) is 0 Å². The summed E-state index contributed by atoms with van der Waals surface area (Å²) in [5, 5.41) is 1.88. The van der Waals surface area contributed by atoms with Gasteiger partial charge in [-0.1, -0.05) is 105 Å². The van der Waals surface area contributed by atoms with Gasteiger partial charge in [-0.3, -0.25) is 0 Å². The second-order valence-corrected chi connectivity index (χ2v) is 8.97. The standard InChI is InChI=1S/C22H46S/c1-5-9-11-13-15-19-21(17-7-3)23-22(18-8-4)20-16-14-12-10-6-2/h21-22H,5-20H2,1-4H3. The van der Waals surface area contributed by atoms with Crippen LogP contribution in [0.4, 0.5) is 0 Å². The molecule has 0 aliphatic rings. The molecule has 0 aromatic carbocycles. The molecule has 0 heterocycles. The third-order valence-electron chi connectivity index (χ3n) is 4.87. The lowest BCUT2D eigenvalue weighted by Gasteiger charge is -2.23. The first-order valence-electron chi connectivity index (χ1n) is 10.9. The topological polar surface area (TPSA) is 0 Å². The van der Waals surface area contributed by atoms with Gasteiger partial charge in [-0.15, -0.1) is 0 Å². The first-order chi connectivity index (χ1) is 11.3. The molecule has 0 nitrogen and oxygen atoms in total. The van der Waals surface area contributed by atoms with Gasteiger partial charge < -0.3 is 0 Å². The molecule has 0 saturated carbocycles. The van der Waals surface area contributed by atoms with Crippen LogP contribution in [0, 0.1) is 0 Å². The molecule has 140 valence electrons.